The highest BCUT2D eigenvalue weighted by Crippen LogP contribution is 2.18. The number of pyridine rings is 1. The van der Waals surface area contributed by atoms with Crippen molar-refractivity contribution in [2.24, 2.45) is 10.7 Å². The van der Waals surface area contributed by atoms with Crippen molar-refractivity contribution in [1.82, 2.24) is 4.98 Å². The highest BCUT2D eigenvalue weighted by Gasteiger charge is 2.04. The number of ether oxygens (including phenoxy) is 1. The lowest BCUT2D eigenvalue weighted by Gasteiger charge is -2.11. The Morgan fingerprint density at radius 3 is 2.72 bits per heavy atom. The minimum Gasteiger partial charge on any atom is -0.380 e. The number of halogens is 1. The highest BCUT2D eigenvalue weighted by molar-refractivity contribution is 14.0. The van der Waals surface area contributed by atoms with Crippen LogP contribution in [0.5, 0.6) is 0 Å². The van der Waals surface area contributed by atoms with E-state index in [9.17, 15) is 0 Å². The molecule has 0 aliphatic heterocycles. The van der Waals surface area contributed by atoms with Crippen LogP contribution < -0.4 is 11.1 Å². The smallest absolute Gasteiger partial charge is 0.193 e. The minimum absolute atomic E-state index is 0. The third kappa shape index (κ3) is 4.90. The van der Waals surface area contributed by atoms with Crippen molar-refractivity contribution in [3.63, 3.8) is 0 Å². The van der Waals surface area contributed by atoms with Gasteiger partial charge in [-0.05, 0) is 17.5 Å². The topological polar surface area (TPSA) is 72.5 Å². The number of hydrogen-bond acceptors (Lipinski definition) is 3. The molecule has 0 bridgehead atoms. The van der Waals surface area contributed by atoms with E-state index in [1.54, 1.807) is 13.3 Å². The molecule has 0 atom stereocenters. The van der Waals surface area contributed by atoms with E-state index in [2.05, 4.69) is 21.4 Å². The van der Waals surface area contributed by atoms with Crippen molar-refractivity contribution in [3.05, 3.63) is 72.1 Å². The van der Waals surface area contributed by atoms with Crippen LogP contribution in [-0.4, -0.2) is 18.1 Å². The first kappa shape index (κ1) is 19.1. The molecular weight excluding hydrogens is 427 g/mol. The van der Waals surface area contributed by atoms with Gasteiger partial charge in [0.15, 0.2) is 5.96 Å². The van der Waals surface area contributed by atoms with Crippen LogP contribution in [-0.2, 0) is 17.9 Å². The van der Waals surface area contributed by atoms with Crippen molar-refractivity contribution in [1.29, 1.82) is 0 Å². The zero-order chi connectivity index (χ0) is 16.8. The van der Waals surface area contributed by atoms with E-state index in [0.717, 1.165) is 27.7 Å². The van der Waals surface area contributed by atoms with Crippen molar-refractivity contribution in [2.45, 2.75) is 13.2 Å². The van der Waals surface area contributed by atoms with Gasteiger partial charge in [-0.3, -0.25) is 4.98 Å². The molecule has 0 aliphatic carbocycles. The number of anilines is 1. The van der Waals surface area contributed by atoms with Crippen LogP contribution in [0.15, 0.2) is 65.8 Å². The molecule has 25 heavy (non-hydrogen) atoms. The fourth-order valence-electron chi connectivity index (χ4n) is 2.57. The predicted octanol–water partition coefficient (Wildman–Crippen LogP) is 3.93. The van der Waals surface area contributed by atoms with Gasteiger partial charge in [0.1, 0.15) is 0 Å². The second kappa shape index (κ2) is 9.33. The Morgan fingerprint density at radius 1 is 1.12 bits per heavy atom. The number of methoxy groups -OCH3 is 1. The second-order valence-electron chi connectivity index (χ2n) is 5.40. The molecule has 0 amide bonds. The van der Waals surface area contributed by atoms with Crippen molar-refractivity contribution in [2.75, 3.05) is 12.4 Å². The Bertz CT molecular complexity index is 861. The molecule has 0 saturated carbocycles. The zero-order valence-corrected chi connectivity index (χ0v) is 16.3. The van der Waals surface area contributed by atoms with Gasteiger partial charge < -0.3 is 15.8 Å². The Hall–Kier alpha value is -2.19. The van der Waals surface area contributed by atoms with Gasteiger partial charge in [-0.1, -0.05) is 42.5 Å². The summed E-state index contributed by atoms with van der Waals surface area (Å²) in [6.07, 6.45) is 1.80. The van der Waals surface area contributed by atoms with Crippen molar-refractivity contribution in [3.8, 4) is 0 Å². The van der Waals surface area contributed by atoms with Gasteiger partial charge in [0.25, 0.3) is 0 Å². The molecule has 1 aromatic heterocycles. The molecule has 3 rings (SSSR count). The summed E-state index contributed by atoms with van der Waals surface area (Å²) in [4.78, 5) is 8.84. The fourth-order valence-corrected chi connectivity index (χ4v) is 2.57. The van der Waals surface area contributed by atoms with E-state index < -0.39 is 0 Å². The lowest BCUT2D eigenvalue weighted by atomic mass is 10.1. The largest absolute Gasteiger partial charge is 0.380 e. The zero-order valence-electron chi connectivity index (χ0n) is 14.0. The number of aromatic nitrogens is 1. The molecule has 130 valence electrons. The van der Waals surface area contributed by atoms with Gasteiger partial charge in [0, 0.05) is 29.9 Å². The lowest BCUT2D eigenvalue weighted by molar-refractivity contribution is 0.185. The molecule has 0 aliphatic rings. The van der Waals surface area contributed by atoms with E-state index in [1.165, 1.54) is 0 Å². The quantitative estimate of drug-likeness (QED) is 0.353. The average Bonchev–Trinajstić information content (AvgIpc) is 2.62. The van der Waals surface area contributed by atoms with Crippen LogP contribution >= 0.6 is 24.0 Å². The summed E-state index contributed by atoms with van der Waals surface area (Å²) in [5.74, 6) is 0.355. The van der Waals surface area contributed by atoms with E-state index in [-0.39, 0.29) is 24.0 Å². The number of aliphatic imine (C=N–C) groups is 1. The van der Waals surface area contributed by atoms with Gasteiger partial charge in [0.2, 0.25) is 0 Å². The van der Waals surface area contributed by atoms with E-state index in [1.807, 2.05) is 48.5 Å². The van der Waals surface area contributed by atoms with E-state index >= 15 is 0 Å². The highest BCUT2D eigenvalue weighted by atomic mass is 127. The number of para-hydroxylation sites is 1. The van der Waals surface area contributed by atoms with Crippen molar-refractivity contribution < 1.29 is 4.74 Å². The number of guanidine groups is 1. The molecule has 0 radical (unpaired) electrons. The SMILES string of the molecule is COCc1ccccc1NC(N)=NCc1nccc2ccccc12.I. The van der Waals surface area contributed by atoms with Gasteiger partial charge >= 0.3 is 0 Å². The third-order valence-corrected chi connectivity index (χ3v) is 3.74. The first-order valence-corrected chi connectivity index (χ1v) is 7.74. The molecule has 3 aromatic rings. The number of rotatable bonds is 5. The Balaban J connectivity index is 0.00000225. The van der Waals surface area contributed by atoms with Crippen LogP contribution in [0.4, 0.5) is 5.69 Å². The van der Waals surface area contributed by atoms with Crippen LogP contribution in [0.25, 0.3) is 10.8 Å². The van der Waals surface area contributed by atoms with Gasteiger partial charge in [-0.2, -0.15) is 0 Å². The molecule has 5 nitrogen and oxygen atoms in total. The Morgan fingerprint density at radius 2 is 1.88 bits per heavy atom. The molecule has 0 saturated heterocycles. The maximum atomic E-state index is 6.03. The lowest BCUT2D eigenvalue weighted by Crippen LogP contribution is -2.23. The number of hydrogen-bond donors (Lipinski definition) is 2. The second-order valence-corrected chi connectivity index (χ2v) is 5.40. The van der Waals surface area contributed by atoms with Crippen LogP contribution in [0.2, 0.25) is 0 Å². The summed E-state index contributed by atoms with van der Waals surface area (Å²) < 4.78 is 5.20. The molecule has 6 heteroatoms. The molecular formula is C19H21IN4O. The molecule has 0 spiro atoms. The van der Waals surface area contributed by atoms with Crippen LogP contribution in [0.3, 0.4) is 0 Å². The first-order chi connectivity index (χ1) is 11.8. The van der Waals surface area contributed by atoms with Crippen LogP contribution in [0.1, 0.15) is 11.3 Å². The fraction of sp³-hybridized carbons (Fsp3) is 0.158. The molecule has 3 N–H and O–H groups in total. The normalized spacial score (nSPS) is 11.2. The summed E-state index contributed by atoms with van der Waals surface area (Å²) in [6.45, 7) is 0.938. The summed E-state index contributed by atoms with van der Waals surface area (Å²) in [5.41, 5.74) is 8.86. The standard InChI is InChI=1S/C19H20N4O.HI/c1-24-13-15-7-3-5-9-17(15)23-19(20)22-12-18-16-8-4-2-6-14(16)10-11-21-18;/h2-11H,12-13H2,1H3,(H3,20,22,23);1H. The Kier molecular flexibility index (Phi) is 7.15. The summed E-state index contributed by atoms with van der Waals surface area (Å²) in [7, 11) is 1.67. The van der Waals surface area contributed by atoms with Crippen LogP contribution in [0, 0.1) is 0 Å². The summed E-state index contributed by atoms with van der Waals surface area (Å²) in [5, 5.41) is 5.38. The number of benzene rings is 2. The average molecular weight is 448 g/mol. The van der Waals surface area contributed by atoms with Gasteiger partial charge in [0.05, 0.1) is 18.8 Å². The number of nitrogens with zero attached hydrogens (tertiary/aromatic N) is 2. The van der Waals surface area contributed by atoms with E-state index in [0.29, 0.717) is 19.1 Å². The summed E-state index contributed by atoms with van der Waals surface area (Å²) >= 11 is 0. The molecule has 0 fully saturated rings. The maximum Gasteiger partial charge on any atom is 0.193 e. The maximum absolute atomic E-state index is 6.03. The summed E-state index contributed by atoms with van der Waals surface area (Å²) in [6, 6.07) is 18.0. The van der Waals surface area contributed by atoms with Gasteiger partial charge in [-0.25, -0.2) is 4.99 Å². The van der Waals surface area contributed by atoms with E-state index in [4.69, 9.17) is 10.5 Å². The number of fused-ring (bicyclic) bond motifs is 1. The predicted molar refractivity (Wildman–Crippen MR) is 113 cm³/mol. The first-order valence-electron chi connectivity index (χ1n) is 7.74. The number of nitrogens with two attached hydrogens (primary N) is 1. The molecule has 0 unspecified atom stereocenters. The van der Waals surface area contributed by atoms with Crippen molar-refractivity contribution >= 4 is 46.4 Å². The third-order valence-electron chi connectivity index (χ3n) is 3.74. The molecule has 2 aromatic carbocycles. The molecule has 1 heterocycles. The number of nitrogens with one attached hydrogen (secondary N) is 1. The van der Waals surface area contributed by atoms with Gasteiger partial charge in [-0.15, -0.1) is 24.0 Å². The monoisotopic (exact) mass is 448 g/mol. The minimum atomic E-state index is 0. The Labute approximate surface area is 164 Å².